The van der Waals surface area contributed by atoms with Gasteiger partial charge in [0.05, 0.1) is 0 Å². The fourth-order valence-electron chi connectivity index (χ4n) is 2.31. The van der Waals surface area contributed by atoms with E-state index in [1.807, 2.05) is 6.07 Å². The van der Waals surface area contributed by atoms with Gasteiger partial charge < -0.3 is 19.7 Å². The summed E-state index contributed by atoms with van der Waals surface area (Å²) in [5, 5.41) is 3.48. The third-order valence-electron chi connectivity index (χ3n) is 3.36. The largest absolute Gasteiger partial charge is 0.355 e. The van der Waals surface area contributed by atoms with Gasteiger partial charge in [-0.05, 0) is 18.9 Å². The van der Waals surface area contributed by atoms with E-state index in [1.54, 1.807) is 26.6 Å². The van der Waals surface area contributed by atoms with Crippen LogP contribution in [0.15, 0.2) is 18.5 Å². The van der Waals surface area contributed by atoms with Crippen LogP contribution >= 0.6 is 0 Å². The Morgan fingerprint density at radius 3 is 2.79 bits per heavy atom. The van der Waals surface area contributed by atoms with Crippen molar-refractivity contribution in [2.24, 2.45) is 0 Å². The summed E-state index contributed by atoms with van der Waals surface area (Å²) in [6, 6.07) is 2.26. The van der Waals surface area contributed by atoms with Crippen molar-refractivity contribution in [1.82, 2.24) is 15.3 Å². The number of hydrogen-bond acceptors (Lipinski definition) is 6. The number of anilines is 1. The van der Waals surface area contributed by atoms with Crippen LogP contribution in [0.1, 0.15) is 12.8 Å². The van der Waals surface area contributed by atoms with Gasteiger partial charge in [0.2, 0.25) is 5.95 Å². The average molecular weight is 266 g/mol. The number of ether oxygens (including phenoxy) is 2. The van der Waals surface area contributed by atoms with Gasteiger partial charge in [-0.25, -0.2) is 9.97 Å². The first-order valence-electron chi connectivity index (χ1n) is 6.64. The predicted octanol–water partition coefficient (Wildman–Crippen LogP) is 0.654. The van der Waals surface area contributed by atoms with E-state index >= 15 is 0 Å². The zero-order valence-corrected chi connectivity index (χ0v) is 11.6. The van der Waals surface area contributed by atoms with Crippen molar-refractivity contribution in [3.05, 3.63) is 18.5 Å². The molecule has 1 N–H and O–H groups in total. The fourth-order valence-corrected chi connectivity index (χ4v) is 2.31. The van der Waals surface area contributed by atoms with E-state index in [0.29, 0.717) is 12.6 Å². The molecular weight excluding hydrogens is 244 g/mol. The van der Waals surface area contributed by atoms with Crippen LogP contribution in [0.3, 0.4) is 0 Å². The fraction of sp³-hybridized carbons (Fsp3) is 0.692. The minimum atomic E-state index is -0.191. The van der Waals surface area contributed by atoms with E-state index in [-0.39, 0.29) is 6.29 Å². The molecule has 2 heterocycles. The van der Waals surface area contributed by atoms with Gasteiger partial charge in [0.25, 0.3) is 0 Å². The molecule has 0 bridgehead atoms. The first kappa shape index (κ1) is 14.2. The summed E-state index contributed by atoms with van der Waals surface area (Å²) in [5.41, 5.74) is 0. The number of piperidine rings is 1. The highest BCUT2D eigenvalue weighted by Gasteiger charge is 2.21. The lowest BCUT2D eigenvalue weighted by atomic mass is 10.1. The van der Waals surface area contributed by atoms with Gasteiger partial charge in [0, 0.05) is 52.3 Å². The molecule has 1 aliphatic heterocycles. The molecule has 19 heavy (non-hydrogen) atoms. The molecule has 0 radical (unpaired) electrons. The lowest BCUT2D eigenvalue weighted by Crippen LogP contribution is -2.48. The first-order valence-corrected chi connectivity index (χ1v) is 6.64. The van der Waals surface area contributed by atoms with Crippen LogP contribution in [0, 0.1) is 0 Å². The molecule has 1 fully saturated rings. The number of nitrogens with one attached hydrogen (secondary N) is 1. The van der Waals surface area contributed by atoms with Gasteiger partial charge in [0.15, 0.2) is 6.29 Å². The Morgan fingerprint density at radius 1 is 1.37 bits per heavy atom. The van der Waals surface area contributed by atoms with E-state index in [1.165, 1.54) is 0 Å². The van der Waals surface area contributed by atoms with Crippen LogP contribution in [0.4, 0.5) is 5.95 Å². The van der Waals surface area contributed by atoms with Crippen molar-refractivity contribution >= 4 is 5.95 Å². The highest BCUT2D eigenvalue weighted by atomic mass is 16.7. The smallest absolute Gasteiger partial charge is 0.225 e. The molecule has 1 aromatic rings. The Bertz CT molecular complexity index is 359. The number of aromatic nitrogens is 2. The van der Waals surface area contributed by atoms with Crippen molar-refractivity contribution in [1.29, 1.82) is 0 Å². The van der Waals surface area contributed by atoms with E-state index in [0.717, 1.165) is 31.9 Å². The molecule has 0 spiro atoms. The molecule has 1 atom stereocenters. The van der Waals surface area contributed by atoms with Crippen molar-refractivity contribution in [2.45, 2.75) is 25.2 Å². The average Bonchev–Trinajstić information content (AvgIpc) is 2.49. The highest BCUT2D eigenvalue weighted by Crippen LogP contribution is 2.15. The number of nitrogens with zero attached hydrogens (tertiary/aromatic N) is 3. The molecule has 2 rings (SSSR count). The molecule has 0 saturated carbocycles. The molecule has 6 nitrogen and oxygen atoms in total. The summed E-state index contributed by atoms with van der Waals surface area (Å²) in [4.78, 5) is 10.8. The lowest BCUT2D eigenvalue weighted by Gasteiger charge is -2.33. The molecule has 0 aromatic carbocycles. The first-order chi connectivity index (χ1) is 9.33. The van der Waals surface area contributed by atoms with Gasteiger partial charge in [-0.15, -0.1) is 0 Å². The van der Waals surface area contributed by atoms with Crippen molar-refractivity contribution in [3.8, 4) is 0 Å². The van der Waals surface area contributed by atoms with E-state index in [2.05, 4.69) is 20.2 Å². The van der Waals surface area contributed by atoms with Gasteiger partial charge in [-0.3, -0.25) is 0 Å². The molecule has 6 heteroatoms. The predicted molar refractivity (Wildman–Crippen MR) is 73.1 cm³/mol. The van der Waals surface area contributed by atoms with Crippen LogP contribution in [-0.2, 0) is 9.47 Å². The van der Waals surface area contributed by atoms with Crippen LogP contribution in [0.2, 0.25) is 0 Å². The second-order valence-corrected chi connectivity index (χ2v) is 4.64. The Morgan fingerprint density at radius 2 is 2.11 bits per heavy atom. The molecule has 0 amide bonds. The standard InChI is InChI=1S/C13H22N4O2/c1-18-12(19-2)9-16-11-5-3-8-17(10-11)13-14-6-4-7-15-13/h4,6-7,11-12,16H,3,5,8-10H2,1-2H3. The summed E-state index contributed by atoms with van der Waals surface area (Å²) < 4.78 is 10.4. The summed E-state index contributed by atoms with van der Waals surface area (Å²) in [6.45, 7) is 2.63. The minimum absolute atomic E-state index is 0.191. The van der Waals surface area contributed by atoms with Crippen LogP contribution in [-0.4, -0.2) is 56.2 Å². The van der Waals surface area contributed by atoms with Crippen LogP contribution in [0.5, 0.6) is 0 Å². The van der Waals surface area contributed by atoms with E-state index in [4.69, 9.17) is 9.47 Å². The summed E-state index contributed by atoms with van der Waals surface area (Å²) in [5.74, 6) is 0.809. The van der Waals surface area contributed by atoms with Gasteiger partial charge >= 0.3 is 0 Å². The van der Waals surface area contributed by atoms with E-state index in [9.17, 15) is 0 Å². The lowest BCUT2D eigenvalue weighted by molar-refractivity contribution is -0.0999. The van der Waals surface area contributed by atoms with Crippen LogP contribution in [0.25, 0.3) is 0 Å². The highest BCUT2D eigenvalue weighted by molar-refractivity contribution is 5.29. The molecular formula is C13H22N4O2. The van der Waals surface area contributed by atoms with Gasteiger partial charge in [-0.1, -0.05) is 0 Å². The van der Waals surface area contributed by atoms with Crippen molar-refractivity contribution in [3.63, 3.8) is 0 Å². The second-order valence-electron chi connectivity index (χ2n) is 4.64. The molecule has 1 unspecified atom stereocenters. The Kier molecular flexibility index (Phi) is 5.50. The quantitative estimate of drug-likeness (QED) is 0.763. The third-order valence-corrected chi connectivity index (χ3v) is 3.36. The number of rotatable bonds is 6. The number of methoxy groups -OCH3 is 2. The summed E-state index contributed by atoms with van der Waals surface area (Å²) in [7, 11) is 3.31. The van der Waals surface area contributed by atoms with Gasteiger partial charge in [-0.2, -0.15) is 0 Å². The summed E-state index contributed by atoms with van der Waals surface area (Å²) in [6.07, 6.45) is 5.67. The third kappa shape index (κ3) is 4.12. The summed E-state index contributed by atoms with van der Waals surface area (Å²) >= 11 is 0. The van der Waals surface area contributed by atoms with Gasteiger partial charge in [0.1, 0.15) is 0 Å². The van der Waals surface area contributed by atoms with Crippen LogP contribution < -0.4 is 10.2 Å². The molecule has 0 aliphatic carbocycles. The maximum absolute atomic E-state index is 5.18. The Hall–Kier alpha value is -1.24. The minimum Gasteiger partial charge on any atom is -0.355 e. The zero-order valence-electron chi connectivity index (χ0n) is 11.6. The monoisotopic (exact) mass is 266 g/mol. The van der Waals surface area contributed by atoms with Crippen molar-refractivity contribution in [2.75, 3.05) is 38.8 Å². The Labute approximate surface area is 114 Å². The molecule has 1 aliphatic rings. The maximum Gasteiger partial charge on any atom is 0.225 e. The normalized spacial score (nSPS) is 19.9. The Balaban J connectivity index is 1.84. The molecule has 1 saturated heterocycles. The molecule has 1 aromatic heterocycles. The topological polar surface area (TPSA) is 59.5 Å². The maximum atomic E-state index is 5.18. The SMILES string of the molecule is COC(CNC1CCCN(c2ncccn2)C1)OC. The number of hydrogen-bond donors (Lipinski definition) is 1. The van der Waals surface area contributed by atoms with E-state index < -0.39 is 0 Å². The molecule has 106 valence electrons. The second kappa shape index (κ2) is 7.37. The van der Waals surface area contributed by atoms with Crippen molar-refractivity contribution < 1.29 is 9.47 Å². The zero-order chi connectivity index (χ0) is 13.5.